The number of nitrogens with one attached hydrogen (secondary N) is 1. The molecule has 140 valence electrons. The second-order valence-electron chi connectivity index (χ2n) is 5.50. The van der Waals surface area contributed by atoms with Gasteiger partial charge in [-0.3, -0.25) is 10.1 Å². The van der Waals surface area contributed by atoms with Gasteiger partial charge in [0.25, 0.3) is 5.91 Å². The average Bonchev–Trinajstić information content (AvgIpc) is 3.10. The summed E-state index contributed by atoms with van der Waals surface area (Å²) in [5.74, 6) is 0.550. The van der Waals surface area contributed by atoms with Crippen LogP contribution in [0.2, 0.25) is 10.0 Å². The fourth-order valence-electron chi connectivity index (χ4n) is 2.49. The molecule has 0 aliphatic heterocycles. The normalized spacial score (nSPS) is 10.5. The molecular formula is C18H16Cl2N4O3. The highest BCUT2D eigenvalue weighted by molar-refractivity contribution is 6.35. The van der Waals surface area contributed by atoms with Gasteiger partial charge in [0, 0.05) is 10.0 Å². The van der Waals surface area contributed by atoms with Crippen molar-refractivity contribution in [1.82, 2.24) is 14.8 Å². The highest BCUT2D eigenvalue weighted by atomic mass is 35.5. The molecule has 27 heavy (non-hydrogen) atoms. The summed E-state index contributed by atoms with van der Waals surface area (Å²) in [5.41, 5.74) is 1.15. The van der Waals surface area contributed by atoms with Crippen molar-refractivity contribution in [3.05, 3.63) is 63.9 Å². The van der Waals surface area contributed by atoms with E-state index in [2.05, 4.69) is 15.4 Å². The first-order chi connectivity index (χ1) is 13.0. The number of halogens is 2. The van der Waals surface area contributed by atoms with Gasteiger partial charge in [0.15, 0.2) is 11.5 Å². The van der Waals surface area contributed by atoms with Crippen molar-refractivity contribution < 1.29 is 14.3 Å². The lowest BCUT2D eigenvalue weighted by atomic mass is 10.1. The Morgan fingerprint density at radius 3 is 2.70 bits per heavy atom. The molecule has 7 nitrogen and oxygen atoms in total. The summed E-state index contributed by atoms with van der Waals surface area (Å²) in [6, 6.07) is 10.3. The highest BCUT2D eigenvalue weighted by Gasteiger charge is 2.18. The first-order valence-corrected chi connectivity index (χ1v) is 8.63. The van der Waals surface area contributed by atoms with Gasteiger partial charge in [-0.25, -0.2) is 9.67 Å². The molecule has 2 aromatic carbocycles. The highest BCUT2D eigenvalue weighted by Crippen LogP contribution is 2.31. The van der Waals surface area contributed by atoms with Gasteiger partial charge in [0.05, 0.1) is 26.3 Å². The van der Waals surface area contributed by atoms with E-state index in [1.807, 2.05) is 6.07 Å². The molecule has 0 radical (unpaired) electrons. The summed E-state index contributed by atoms with van der Waals surface area (Å²) in [5, 5.41) is 7.98. The lowest BCUT2D eigenvalue weighted by molar-refractivity contribution is 0.102. The average molecular weight is 407 g/mol. The maximum atomic E-state index is 12.5. The van der Waals surface area contributed by atoms with Crippen LogP contribution in [0.15, 0.2) is 42.7 Å². The zero-order chi connectivity index (χ0) is 19.4. The largest absolute Gasteiger partial charge is 0.493 e. The quantitative estimate of drug-likeness (QED) is 0.671. The molecule has 0 atom stereocenters. The third-order valence-corrected chi connectivity index (χ3v) is 4.34. The van der Waals surface area contributed by atoms with Crippen LogP contribution in [0.3, 0.4) is 0 Å². The van der Waals surface area contributed by atoms with Crippen LogP contribution in [0, 0.1) is 0 Å². The van der Waals surface area contributed by atoms with E-state index in [-0.39, 0.29) is 5.95 Å². The summed E-state index contributed by atoms with van der Waals surface area (Å²) in [6.07, 6.45) is 1.50. The zero-order valence-electron chi connectivity index (χ0n) is 14.6. The van der Waals surface area contributed by atoms with Crippen molar-refractivity contribution in [2.45, 2.75) is 6.54 Å². The van der Waals surface area contributed by atoms with E-state index < -0.39 is 5.91 Å². The van der Waals surface area contributed by atoms with Gasteiger partial charge in [-0.2, -0.15) is 0 Å². The fraction of sp³-hybridized carbons (Fsp3) is 0.167. The molecular weight excluding hydrogens is 391 g/mol. The minimum absolute atomic E-state index is 0.162. The molecule has 1 heterocycles. The molecule has 1 aromatic heterocycles. The van der Waals surface area contributed by atoms with Crippen molar-refractivity contribution in [1.29, 1.82) is 0 Å². The number of benzene rings is 2. The maximum Gasteiger partial charge on any atom is 0.261 e. The Kier molecular flexibility index (Phi) is 5.83. The van der Waals surface area contributed by atoms with Crippen LogP contribution in [0.1, 0.15) is 15.9 Å². The first-order valence-electron chi connectivity index (χ1n) is 7.87. The number of methoxy groups -OCH3 is 2. The predicted molar refractivity (Wildman–Crippen MR) is 103 cm³/mol. The molecule has 0 bridgehead atoms. The lowest BCUT2D eigenvalue weighted by Crippen LogP contribution is -2.15. The van der Waals surface area contributed by atoms with Crippen LogP contribution in [0.4, 0.5) is 5.95 Å². The van der Waals surface area contributed by atoms with Gasteiger partial charge in [-0.05, 0) is 29.8 Å². The SMILES string of the molecule is COc1cccc(C(=O)Nc2ncn(Cc3ccc(Cl)cc3Cl)n2)c1OC. The summed E-state index contributed by atoms with van der Waals surface area (Å²) >= 11 is 12.1. The number of rotatable bonds is 6. The van der Waals surface area contributed by atoms with Crippen molar-refractivity contribution in [2.24, 2.45) is 0 Å². The van der Waals surface area contributed by atoms with Crippen molar-refractivity contribution in [3.8, 4) is 11.5 Å². The first kappa shape index (κ1) is 19.0. The second-order valence-corrected chi connectivity index (χ2v) is 6.34. The van der Waals surface area contributed by atoms with E-state index >= 15 is 0 Å². The number of hydrogen-bond acceptors (Lipinski definition) is 5. The van der Waals surface area contributed by atoms with E-state index in [1.165, 1.54) is 20.5 Å². The second kappa shape index (κ2) is 8.28. The van der Waals surface area contributed by atoms with Gasteiger partial charge in [0.1, 0.15) is 6.33 Å². The van der Waals surface area contributed by atoms with Gasteiger partial charge in [-0.15, -0.1) is 5.10 Å². The van der Waals surface area contributed by atoms with E-state index in [0.717, 1.165) is 5.56 Å². The summed E-state index contributed by atoms with van der Waals surface area (Å²) in [4.78, 5) is 16.7. The third-order valence-electron chi connectivity index (χ3n) is 3.76. The number of anilines is 1. The Hall–Kier alpha value is -2.77. The molecule has 0 unspecified atom stereocenters. The van der Waals surface area contributed by atoms with Crippen molar-refractivity contribution in [3.63, 3.8) is 0 Å². The molecule has 0 saturated heterocycles. The Morgan fingerprint density at radius 1 is 1.19 bits per heavy atom. The van der Waals surface area contributed by atoms with Crippen LogP contribution < -0.4 is 14.8 Å². The van der Waals surface area contributed by atoms with Crippen molar-refractivity contribution in [2.75, 3.05) is 19.5 Å². The molecule has 0 aliphatic carbocycles. The van der Waals surface area contributed by atoms with Crippen LogP contribution in [-0.2, 0) is 6.54 Å². The molecule has 3 aromatic rings. The monoisotopic (exact) mass is 406 g/mol. The summed E-state index contributed by atoms with van der Waals surface area (Å²) in [7, 11) is 2.97. The minimum atomic E-state index is -0.409. The number of carbonyl (C=O) groups excluding carboxylic acids is 1. The number of nitrogens with zero attached hydrogens (tertiary/aromatic N) is 3. The topological polar surface area (TPSA) is 78.3 Å². The number of ether oxygens (including phenoxy) is 2. The van der Waals surface area contributed by atoms with Gasteiger partial charge >= 0.3 is 0 Å². The van der Waals surface area contributed by atoms with Gasteiger partial charge in [-0.1, -0.05) is 35.3 Å². The van der Waals surface area contributed by atoms with Crippen LogP contribution >= 0.6 is 23.2 Å². The smallest absolute Gasteiger partial charge is 0.261 e. The van der Waals surface area contributed by atoms with E-state index in [9.17, 15) is 4.79 Å². The maximum absolute atomic E-state index is 12.5. The van der Waals surface area contributed by atoms with Crippen LogP contribution in [0.5, 0.6) is 11.5 Å². The van der Waals surface area contributed by atoms with E-state index in [4.69, 9.17) is 32.7 Å². The number of para-hydroxylation sites is 1. The molecule has 0 fully saturated rings. The molecule has 9 heteroatoms. The van der Waals surface area contributed by atoms with Crippen LogP contribution in [0.25, 0.3) is 0 Å². The Labute approximate surface area is 165 Å². The molecule has 3 rings (SSSR count). The van der Waals surface area contributed by atoms with Crippen LogP contribution in [-0.4, -0.2) is 34.9 Å². The summed E-state index contributed by atoms with van der Waals surface area (Å²) < 4.78 is 12.0. The van der Waals surface area contributed by atoms with Gasteiger partial charge in [0.2, 0.25) is 5.95 Å². The molecule has 1 amide bonds. The standard InChI is InChI=1S/C18H16Cl2N4O3/c1-26-15-5-3-4-13(16(15)27-2)17(25)22-18-21-10-24(23-18)9-11-6-7-12(19)8-14(11)20/h3-8,10H,9H2,1-2H3,(H,22,23,25). The predicted octanol–water partition coefficient (Wildman–Crippen LogP) is 3.90. The molecule has 0 saturated carbocycles. The van der Waals surface area contributed by atoms with E-state index in [1.54, 1.807) is 35.0 Å². The number of carbonyl (C=O) groups is 1. The van der Waals surface area contributed by atoms with Gasteiger partial charge < -0.3 is 9.47 Å². The zero-order valence-corrected chi connectivity index (χ0v) is 16.1. The Morgan fingerprint density at radius 2 is 2.00 bits per heavy atom. The number of hydrogen-bond donors (Lipinski definition) is 1. The lowest BCUT2D eigenvalue weighted by Gasteiger charge is -2.11. The summed E-state index contributed by atoms with van der Waals surface area (Å²) in [6.45, 7) is 0.390. The Bertz CT molecular complexity index is 975. The molecule has 1 N–H and O–H groups in total. The minimum Gasteiger partial charge on any atom is -0.493 e. The molecule has 0 aliphatic rings. The fourth-order valence-corrected chi connectivity index (χ4v) is 2.96. The number of aromatic nitrogens is 3. The Balaban J connectivity index is 1.75. The van der Waals surface area contributed by atoms with Crippen molar-refractivity contribution >= 4 is 35.1 Å². The molecule has 0 spiro atoms. The van der Waals surface area contributed by atoms with E-state index in [0.29, 0.717) is 33.7 Å². The number of amides is 1. The third kappa shape index (κ3) is 4.32.